The van der Waals surface area contributed by atoms with Crippen molar-refractivity contribution >= 4 is 27.7 Å². The van der Waals surface area contributed by atoms with Gasteiger partial charge in [0.2, 0.25) is 11.8 Å². The van der Waals surface area contributed by atoms with E-state index in [1.807, 2.05) is 23.6 Å². The number of piperazine rings is 1. The van der Waals surface area contributed by atoms with Crippen molar-refractivity contribution in [3.63, 3.8) is 0 Å². The predicted octanol–water partition coefficient (Wildman–Crippen LogP) is 0.927. The number of carbonyl (C=O) groups is 2. The zero-order valence-corrected chi connectivity index (χ0v) is 17.6. The Morgan fingerprint density at radius 2 is 1.69 bits per heavy atom. The second-order valence-electron chi connectivity index (χ2n) is 8.04. The fourth-order valence-electron chi connectivity index (χ4n) is 4.30. The zero-order chi connectivity index (χ0) is 20.8. The Balaban J connectivity index is 1.50. The summed E-state index contributed by atoms with van der Waals surface area (Å²) in [5, 5.41) is 0. The number of carbonyl (C=O) groups excluding carboxylic acids is 2. The van der Waals surface area contributed by atoms with Gasteiger partial charge >= 0.3 is 0 Å². The van der Waals surface area contributed by atoms with Crippen LogP contribution in [0.2, 0.25) is 0 Å². The van der Waals surface area contributed by atoms with Crippen molar-refractivity contribution in [1.29, 1.82) is 0 Å². The van der Waals surface area contributed by atoms with Crippen LogP contribution in [0.5, 0.6) is 0 Å². The van der Waals surface area contributed by atoms with E-state index in [1.165, 1.54) is 0 Å². The number of amides is 2. The molecule has 1 aromatic rings. The molecular weight excluding hydrogens is 392 g/mol. The van der Waals surface area contributed by atoms with Gasteiger partial charge in [-0.25, -0.2) is 0 Å². The van der Waals surface area contributed by atoms with Gasteiger partial charge in [0.25, 0.3) is 10.0 Å². The number of nitrogens with zero attached hydrogens (tertiary/aromatic N) is 4. The number of likely N-dealkylation sites (tertiary alicyclic amines) is 1. The summed E-state index contributed by atoms with van der Waals surface area (Å²) in [6.07, 6.45) is 1.48. The molecule has 8 nitrogen and oxygen atoms in total. The quantitative estimate of drug-likeness (QED) is 0.713. The molecule has 4 rings (SSSR count). The van der Waals surface area contributed by atoms with E-state index in [4.69, 9.17) is 0 Å². The molecule has 3 aliphatic heterocycles. The molecule has 3 heterocycles. The number of sulfonamides is 1. The van der Waals surface area contributed by atoms with Crippen molar-refractivity contribution in [1.82, 2.24) is 14.7 Å². The molecule has 0 bridgehead atoms. The first-order valence-electron chi connectivity index (χ1n) is 10.1. The van der Waals surface area contributed by atoms with Gasteiger partial charge in [0.15, 0.2) is 5.84 Å². The molecule has 156 valence electrons. The van der Waals surface area contributed by atoms with Crippen molar-refractivity contribution in [3.8, 4) is 0 Å². The molecule has 0 aromatic heterocycles. The second-order valence-corrected chi connectivity index (χ2v) is 9.62. The maximum Gasteiger partial charge on any atom is 0.285 e. The Morgan fingerprint density at radius 3 is 2.38 bits per heavy atom. The molecule has 0 unspecified atom stereocenters. The van der Waals surface area contributed by atoms with Crippen LogP contribution in [0, 0.1) is 5.92 Å². The average molecular weight is 419 g/mol. The lowest BCUT2D eigenvalue weighted by Crippen LogP contribution is -2.55. The lowest BCUT2D eigenvalue weighted by Gasteiger charge is -2.38. The van der Waals surface area contributed by atoms with E-state index in [0.717, 1.165) is 6.42 Å². The SMILES string of the molecule is CC(C)C(=O)N1CCN(C(=O)[C@@H]2CCCN2C2=NS(=O)(=O)c3ccccc32)CC1. The molecule has 0 spiro atoms. The van der Waals surface area contributed by atoms with Gasteiger partial charge in [0, 0.05) is 44.2 Å². The van der Waals surface area contributed by atoms with Gasteiger partial charge in [-0.2, -0.15) is 8.42 Å². The molecule has 3 aliphatic rings. The number of rotatable bonds is 2. The lowest BCUT2D eigenvalue weighted by molar-refractivity contribution is -0.143. The normalized spacial score (nSPS) is 23.3. The predicted molar refractivity (Wildman–Crippen MR) is 108 cm³/mol. The summed E-state index contributed by atoms with van der Waals surface area (Å²) in [7, 11) is -3.71. The number of hydrogen-bond acceptors (Lipinski definition) is 5. The van der Waals surface area contributed by atoms with Crippen molar-refractivity contribution < 1.29 is 18.0 Å². The van der Waals surface area contributed by atoms with E-state index in [0.29, 0.717) is 50.5 Å². The summed E-state index contributed by atoms with van der Waals surface area (Å²) in [6, 6.07) is 6.35. The summed E-state index contributed by atoms with van der Waals surface area (Å²) in [5.41, 5.74) is 0.569. The van der Waals surface area contributed by atoms with E-state index in [1.54, 1.807) is 29.2 Å². The minimum absolute atomic E-state index is 0.0105. The Hall–Kier alpha value is -2.42. The maximum absolute atomic E-state index is 13.2. The summed E-state index contributed by atoms with van der Waals surface area (Å²) >= 11 is 0. The van der Waals surface area contributed by atoms with Crippen LogP contribution < -0.4 is 0 Å². The number of amidine groups is 1. The van der Waals surface area contributed by atoms with Gasteiger partial charge < -0.3 is 14.7 Å². The third-order valence-corrected chi connectivity index (χ3v) is 7.14. The Morgan fingerprint density at radius 1 is 1.03 bits per heavy atom. The number of hydrogen-bond donors (Lipinski definition) is 0. The van der Waals surface area contributed by atoms with E-state index < -0.39 is 16.1 Å². The highest BCUT2D eigenvalue weighted by Gasteiger charge is 2.41. The van der Waals surface area contributed by atoms with Crippen molar-refractivity contribution in [2.24, 2.45) is 10.3 Å². The fourth-order valence-corrected chi connectivity index (χ4v) is 5.51. The van der Waals surface area contributed by atoms with Crippen molar-refractivity contribution in [2.75, 3.05) is 32.7 Å². The van der Waals surface area contributed by atoms with Gasteiger partial charge in [0.05, 0.1) is 0 Å². The smallest absolute Gasteiger partial charge is 0.285 e. The van der Waals surface area contributed by atoms with Gasteiger partial charge in [0.1, 0.15) is 10.9 Å². The molecule has 2 saturated heterocycles. The molecule has 0 N–H and O–H groups in total. The summed E-state index contributed by atoms with van der Waals surface area (Å²) in [4.78, 5) is 31.1. The van der Waals surface area contributed by atoms with E-state index in [-0.39, 0.29) is 22.6 Å². The van der Waals surface area contributed by atoms with Crippen LogP contribution in [0.1, 0.15) is 32.3 Å². The standard InChI is InChI=1S/C20H26N4O4S/c1-14(2)19(25)22-10-12-23(13-11-22)20(26)16-7-5-9-24(16)18-15-6-3-4-8-17(15)29(27,28)21-18/h3-4,6,8,14,16H,5,7,9-13H2,1-2H3/t16-/m0/s1. The van der Waals surface area contributed by atoms with Gasteiger partial charge in [-0.1, -0.05) is 26.0 Å². The lowest BCUT2D eigenvalue weighted by atomic mass is 10.1. The Labute approximate surface area is 171 Å². The first-order valence-corrected chi connectivity index (χ1v) is 11.5. The molecular formula is C20H26N4O4S. The van der Waals surface area contributed by atoms with Gasteiger partial charge in [-0.3, -0.25) is 9.59 Å². The summed E-state index contributed by atoms with van der Waals surface area (Å²) in [6.45, 7) is 6.44. The fraction of sp³-hybridized carbons (Fsp3) is 0.550. The average Bonchev–Trinajstić information content (AvgIpc) is 3.30. The third kappa shape index (κ3) is 3.52. The minimum Gasteiger partial charge on any atom is -0.343 e. The number of fused-ring (bicyclic) bond motifs is 1. The molecule has 0 aliphatic carbocycles. The molecule has 2 amide bonds. The molecule has 9 heteroatoms. The maximum atomic E-state index is 13.2. The van der Waals surface area contributed by atoms with Crippen LogP contribution in [0.4, 0.5) is 0 Å². The monoisotopic (exact) mass is 418 g/mol. The van der Waals surface area contributed by atoms with Crippen LogP contribution in [0.3, 0.4) is 0 Å². The zero-order valence-electron chi connectivity index (χ0n) is 16.7. The molecule has 0 saturated carbocycles. The summed E-state index contributed by atoms with van der Waals surface area (Å²) in [5.74, 6) is 0.431. The molecule has 1 atom stereocenters. The molecule has 2 fully saturated rings. The highest BCUT2D eigenvalue weighted by Crippen LogP contribution is 2.31. The van der Waals surface area contributed by atoms with E-state index in [9.17, 15) is 18.0 Å². The first kappa shape index (κ1) is 19.9. The van der Waals surface area contributed by atoms with Crippen LogP contribution in [-0.2, 0) is 19.6 Å². The summed E-state index contributed by atoms with van der Waals surface area (Å²) < 4.78 is 28.8. The second kappa shape index (κ2) is 7.44. The third-order valence-electron chi connectivity index (χ3n) is 5.82. The Kier molecular flexibility index (Phi) is 5.10. The highest BCUT2D eigenvalue weighted by molar-refractivity contribution is 7.90. The Bertz CT molecular complexity index is 964. The van der Waals surface area contributed by atoms with Crippen LogP contribution in [-0.4, -0.2) is 79.5 Å². The van der Waals surface area contributed by atoms with Crippen LogP contribution >= 0.6 is 0 Å². The van der Waals surface area contributed by atoms with Gasteiger partial charge in [-0.15, -0.1) is 4.40 Å². The largest absolute Gasteiger partial charge is 0.343 e. The van der Waals surface area contributed by atoms with Crippen LogP contribution in [0.15, 0.2) is 33.6 Å². The molecule has 1 aromatic carbocycles. The van der Waals surface area contributed by atoms with Crippen molar-refractivity contribution in [2.45, 2.75) is 37.6 Å². The molecule has 29 heavy (non-hydrogen) atoms. The van der Waals surface area contributed by atoms with Crippen molar-refractivity contribution in [3.05, 3.63) is 29.8 Å². The van der Waals surface area contributed by atoms with Gasteiger partial charge in [-0.05, 0) is 25.0 Å². The van der Waals surface area contributed by atoms with E-state index in [2.05, 4.69) is 4.40 Å². The van der Waals surface area contributed by atoms with E-state index >= 15 is 0 Å². The molecule has 0 radical (unpaired) electrons. The first-order chi connectivity index (χ1) is 13.8. The number of benzene rings is 1. The highest BCUT2D eigenvalue weighted by atomic mass is 32.2. The van der Waals surface area contributed by atoms with Crippen LogP contribution in [0.25, 0.3) is 0 Å². The topological polar surface area (TPSA) is 90.4 Å². The minimum atomic E-state index is -3.71.